The molecule has 0 N–H and O–H groups in total. The van der Waals surface area contributed by atoms with Gasteiger partial charge >= 0.3 is 0 Å². The van der Waals surface area contributed by atoms with Crippen LogP contribution in [0.15, 0.2) is 42.5 Å². The molecule has 2 rings (SSSR count). The molecule has 0 aliphatic rings. The Labute approximate surface area is 133 Å². The van der Waals surface area contributed by atoms with Gasteiger partial charge in [-0.2, -0.15) is 0 Å². The molecule has 0 amide bonds. The fourth-order valence-corrected chi connectivity index (χ4v) is 3.39. The van der Waals surface area contributed by atoms with Crippen molar-refractivity contribution < 1.29 is 4.39 Å². The van der Waals surface area contributed by atoms with Gasteiger partial charge in [0.25, 0.3) is 0 Å². The van der Waals surface area contributed by atoms with E-state index in [-0.39, 0.29) is 10.6 Å². The lowest BCUT2D eigenvalue weighted by Crippen LogP contribution is -1.99. The predicted octanol–water partition coefficient (Wildman–Crippen LogP) is 6.16. The zero-order chi connectivity index (χ0) is 14.7. The monoisotopic (exact) mass is 354 g/mol. The SMILES string of the molecule is CC(C)Cc1ccc(C(Br)c2c(F)cccc2Cl)cc1. The molecular formula is C17H17BrClF. The summed E-state index contributed by atoms with van der Waals surface area (Å²) in [6, 6.07) is 13.0. The molecule has 0 saturated carbocycles. The van der Waals surface area contributed by atoms with Gasteiger partial charge in [-0.25, -0.2) is 4.39 Å². The Hall–Kier alpha value is -0.860. The topological polar surface area (TPSA) is 0 Å². The summed E-state index contributed by atoms with van der Waals surface area (Å²) in [5.41, 5.74) is 2.79. The van der Waals surface area contributed by atoms with E-state index in [4.69, 9.17) is 11.6 Å². The molecule has 2 aromatic carbocycles. The van der Waals surface area contributed by atoms with Crippen LogP contribution in [0.5, 0.6) is 0 Å². The minimum atomic E-state index is -0.286. The van der Waals surface area contributed by atoms with Crippen molar-refractivity contribution in [1.29, 1.82) is 0 Å². The van der Waals surface area contributed by atoms with Crippen LogP contribution in [0.25, 0.3) is 0 Å². The molecule has 3 heteroatoms. The first-order valence-corrected chi connectivity index (χ1v) is 7.95. The summed E-state index contributed by atoms with van der Waals surface area (Å²) < 4.78 is 13.9. The van der Waals surface area contributed by atoms with Crippen LogP contribution in [-0.2, 0) is 6.42 Å². The maximum atomic E-state index is 13.9. The van der Waals surface area contributed by atoms with Crippen LogP contribution in [0, 0.1) is 11.7 Å². The molecule has 0 bridgehead atoms. The average Bonchev–Trinajstić information content (AvgIpc) is 2.38. The molecule has 0 aliphatic carbocycles. The predicted molar refractivity (Wildman–Crippen MR) is 87.2 cm³/mol. The van der Waals surface area contributed by atoms with E-state index < -0.39 is 0 Å². The molecule has 0 aromatic heterocycles. The highest BCUT2D eigenvalue weighted by molar-refractivity contribution is 9.09. The van der Waals surface area contributed by atoms with E-state index in [9.17, 15) is 4.39 Å². The minimum Gasteiger partial charge on any atom is -0.207 e. The lowest BCUT2D eigenvalue weighted by molar-refractivity contribution is 0.613. The van der Waals surface area contributed by atoms with Crippen LogP contribution in [0.2, 0.25) is 5.02 Å². The lowest BCUT2D eigenvalue weighted by Gasteiger charge is -2.14. The second-order valence-corrected chi connectivity index (χ2v) is 6.66. The Kier molecular flexibility index (Phi) is 5.22. The normalized spacial score (nSPS) is 12.7. The quantitative estimate of drug-likeness (QED) is 0.576. The molecule has 0 fully saturated rings. The van der Waals surface area contributed by atoms with E-state index in [1.165, 1.54) is 11.6 Å². The van der Waals surface area contributed by atoms with Gasteiger partial charge in [-0.1, -0.05) is 71.7 Å². The molecule has 0 saturated heterocycles. The zero-order valence-electron chi connectivity index (χ0n) is 11.5. The molecule has 1 unspecified atom stereocenters. The molecular weight excluding hydrogens is 339 g/mol. The standard InChI is InChI=1S/C17H17BrClF/c1-11(2)10-12-6-8-13(9-7-12)17(18)16-14(19)4-3-5-15(16)20/h3-9,11,17H,10H2,1-2H3. The van der Waals surface area contributed by atoms with Gasteiger partial charge in [0.1, 0.15) is 5.82 Å². The summed E-state index contributed by atoms with van der Waals surface area (Å²) in [5, 5.41) is 0.443. The Morgan fingerprint density at radius 1 is 1.10 bits per heavy atom. The average molecular weight is 356 g/mol. The van der Waals surface area contributed by atoms with Crippen molar-refractivity contribution in [1.82, 2.24) is 0 Å². The smallest absolute Gasteiger partial charge is 0.129 e. The highest BCUT2D eigenvalue weighted by Gasteiger charge is 2.18. The first-order valence-electron chi connectivity index (χ1n) is 6.66. The van der Waals surface area contributed by atoms with Crippen molar-refractivity contribution in [3.05, 3.63) is 70.0 Å². The van der Waals surface area contributed by atoms with Crippen molar-refractivity contribution in [2.45, 2.75) is 25.1 Å². The van der Waals surface area contributed by atoms with Gasteiger partial charge in [0.15, 0.2) is 0 Å². The molecule has 0 nitrogen and oxygen atoms in total. The summed E-state index contributed by atoms with van der Waals surface area (Å²) >= 11 is 9.65. The van der Waals surface area contributed by atoms with Gasteiger partial charge in [-0.15, -0.1) is 0 Å². The second kappa shape index (κ2) is 6.73. The summed E-state index contributed by atoms with van der Waals surface area (Å²) in [5.74, 6) is 0.340. The fraction of sp³-hybridized carbons (Fsp3) is 0.294. The van der Waals surface area contributed by atoms with Gasteiger partial charge in [0.05, 0.1) is 4.83 Å². The van der Waals surface area contributed by atoms with E-state index in [1.54, 1.807) is 12.1 Å². The number of alkyl halides is 1. The van der Waals surface area contributed by atoms with E-state index >= 15 is 0 Å². The van der Waals surface area contributed by atoms with Crippen LogP contribution in [0.3, 0.4) is 0 Å². The molecule has 0 spiro atoms. The van der Waals surface area contributed by atoms with E-state index in [2.05, 4.69) is 41.9 Å². The largest absolute Gasteiger partial charge is 0.207 e. The third-order valence-electron chi connectivity index (χ3n) is 3.17. The van der Waals surface area contributed by atoms with Crippen LogP contribution in [0.1, 0.15) is 35.4 Å². The molecule has 20 heavy (non-hydrogen) atoms. The lowest BCUT2D eigenvalue weighted by atomic mass is 9.99. The molecule has 106 valence electrons. The molecule has 1 atom stereocenters. The van der Waals surface area contributed by atoms with Crippen LogP contribution in [-0.4, -0.2) is 0 Å². The summed E-state index contributed by atoms with van der Waals surface area (Å²) in [6.07, 6.45) is 1.05. The highest BCUT2D eigenvalue weighted by Crippen LogP contribution is 2.36. The van der Waals surface area contributed by atoms with Crippen LogP contribution < -0.4 is 0 Å². The highest BCUT2D eigenvalue weighted by atomic mass is 79.9. The Morgan fingerprint density at radius 2 is 1.75 bits per heavy atom. The van der Waals surface area contributed by atoms with E-state index in [0.29, 0.717) is 16.5 Å². The van der Waals surface area contributed by atoms with Crippen molar-refractivity contribution in [2.24, 2.45) is 5.92 Å². The summed E-state index contributed by atoms with van der Waals surface area (Å²) in [7, 11) is 0. The second-order valence-electron chi connectivity index (χ2n) is 5.34. The first kappa shape index (κ1) is 15.5. The number of halogens is 3. The van der Waals surface area contributed by atoms with Crippen molar-refractivity contribution >= 4 is 27.5 Å². The molecule has 0 aliphatic heterocycles. The molecule has 0 heterocycles. The third kappa shape index (κ3) is 3.62. The van der Waals surface area contributed by atoms with Gasteiger partial charge in [-0.05, 0) is 35.6 Å². The molecule has 2 aromatic rings. The number of rotatable bonds is 4. The third-order valence-corrected chi connectivity index (χ3v) is 4.49. The van der Waals surface area contributed by atoms with Gasteiger partial charge < -0.3 is 0 Å². The van der Waals surface area contributed by atoms with Crippen molar-refractivity contribution in [3.8, 4) is 0 Å². The zero-order valence-corrected chi connectivity index (χ0v) is 13.9. The Morgan fingerprint density at radius 3 is 2.30 bits per heavy atom. The van der Waals surface area contributed by atoms with Crippen LogP contribution in [0.4, 0.5) is 4.39 Å². The fourth-order valence-electron chi connectivity index (χ4n) is 2.21. The van der Waals surface area contributed by atoms with Crippen molar-refractivity contribution in [3.63, 3.8) is 0 Å². The summed E-state index contributed by atoms with van der Waals surface area (Å²) in [6.45, 7) is 4.39. The maximum Gasteiger partial charge on any atom is 0.129 e. The van der Waals surface area contributed by atoms with Gasteiger partial charge in [0, 0.05) is 10.6 Å². The van der Waals surface area contributed by atoms with Gasteiger partial charge in [-0.3, -0.25) is 0 Å². The van der Waals surface area contributed by atoms with Gasteiger partial charge in [0.2, 0.25) is 0 Å². The first-order chi connectivity index (χ1) is 9.49. The van der Waals surface area contributed by atoms with E-state index in [0.717, 1.165) is 12.0 Å². The number of benzene rings is 2. The van der Waals surface area contributed by atoms with Crippen molar-refractivity contribution in [2.75, 3.05) is 0 Å². The van der Waals surface area contributed by atoms with Crippen LogP contribution >= 0.6 is 27.5 Å². The number of hydrogen-bond donors (Lipinski definition) is 0. The minimum absolute atomic E-state index is 0.232. The number of hydrogen-bond acceptors (Lipinski definition) is 0. The summed E-state index contributed by atoms with van der Waals surface area (Å²) in [4.78, 5) is -0.232. The van der Waals surface area contributed by atoms with E-state index in [1.807, 2.05) is 12.1 Å². The maximum absolute atomic E-state index is 13.9. The Balaban J connectivity index is 2.27. The molecule has 0 radical (unpaired) electrons. The Bertz CT molecular complexity index is 558.